The van der Waals surface area contributed by atoms with Gasteiger partial charge in [0.25, 0.3) is 5.91 Å². The molecule has 1 fully saturated rings. The molecule has 3 atom stereocenters. The van der Waals surface area contributed by atoms with Gasteiger partial charge in [-0.2, -0.15) is 0 Å². The number of rotatable bonds is 8. The topological polar surface area (TPSA) is 131 Å². The van der Waals surface area contributed by atoms with Crippen LogP contribution in [0.1, 0.15) is 18.1 Å². The van der Waals surface area contributed by atoms with E-state index in [2.05, 4.69) is 10.6 Å². The molecule has 3 aromatic carbocycles. The van der Waals surface area contributed by atoms with Crippen molar-refractivity contribution in [2.45, 2.75) is 32.2 Å². The Labute approximate surface area is 202 Å². The van der Waals surface area contributed by atoms with E-state index in [-0.39, 0.29) is 13.0 Å². The van der Waals surface area contributed by atoms with Gasteiger partial charge in [-0.25, -0.2) is 15.6 Å². The molecule has 3 amide bonds. The van der Waals surface area contributed by atoms with Crippen LogP contribution in [0.2, 0.25) is 0 Å². The smallest absolute Gasteiger partial charge is 0.315 e. The van der Waals surface area contributed by atoms with Crippen molar-refractivity contribution in [2.75, 3.05) is 0 Å². The quantitative estimate of drug-likeness (QED) is 0.151. The molecule has 0 aromatic heterocycles. The maximum absolute atomic E-state index is 13.4. The summed E-state index contributed by atoms with van der Waals surface area (Å²) in [6, 6.07) is 21.2. The molecule has 4 rings (SSSR count). The number of carbonyl (C=O) groups excluding carboxylic acids is 4. The lowest BCUT2D eigenvalue weighted by Gasteiger charge is -2.42. The van der Waals surface area contributed by atoms with Crippen LogP contribution in [0.3, 0.4) is 0 Å². The zero-order valence-electron chi connectivity index (χ0n) is 19.1. The maximum Gasteiger partial charge on any atom is 0.315 e. The third-order valence-corrected chi connectivity index (χ3v) is 5.87. The number of hydrogen-bond donors (Lipinski definition) is 3. The van der Waals surface area contributed by atoms with E-state index in [1.54, 1.807) is 0 Å². The van der Waals surface area contributed by atoms with E-state index in [9.17, 15) is 19.2 Å². The summed E-state index contributed by atoms with van der Waals surface area (Å²) in [4.78, 5) is 49.9. The fourth-order valence-corrected chi connectivity index (χ4v) is 4.07. The molecule has 0 aliphatic carbocycles. The van der Waals surface area contributed by atoms with E-state index in [1.165, 1.54) is 6.92 Å². The van der Waals surface area contributed by atoms with Gasteiger partial charge in [0.1, 0.15) is 0 Å². The van der Waals surface area contributed by atoms with E-state index in [4.69, 9.17) is 10.6 Å². The Morgan fingerprint density at radius 1 is 0.971 bits per heavy atom. The number of carbonyl (C=O) groups is 4. The number of ether oxygens (including phenoxy) is 1. The van der Waals surface area contributed by atoms with E-state index in [1.807, 2.05) is 72.8 Å². The number of esters is 1. The van der Waals surface area contributed by atoms with Gasteiger partial charge < -0.3 is 15.4 Å². The van der Waals surface area contributed by atoms with Crippen molar-refractivity contribution in [3.8, 4) is 0 Å². The number of nitrogens with one attached hydrogen (secondary N) is 2. The van der Waals surface area contributed by atoms with Crippen molar-refractivity contribution >= 4 is 34.5 Å². The Balaban J connectivity index is 1.54. The first-order valence-corrected chi connectivity index (χ1v) is 11.2. The van der Waals surface area contributed by atoms with Crippen molar-refractivity contribution in [1.82, 2.24) is 15.6 Å². The summed E-state index contributed by atoms with van der Waals surface area (Å²) in [7, 11) is 0. The minimum absolute atomic E-state index is 0.142. The molecular formula is C26H26N4O5. The van der Waals surface area contributed by atoms with E-state index in [0.29, 0.717) is 5.01 Å². The number of Topliss-reactive ketones (excluding diaryl/α,β-unsaturated/α-hetero) is 1. The maximum atomic E-state index is 13.4. The lowest BCUT2D eigenvalue weighted by molar-refractivity contribution is -0.198. The minimum Gasteiger partial charge on any atom is -0.439 e. The number of β-lactam (4-membered cyclic amide) rings is 1. The van der Waals surface area contributed by atoms with Crippen LogP contribution in [0, 0.1) is 5.92 Å². The third-order valence-electron chi connectivity index (χ3n) is 5.87. The first-order chi connectivity index (χ1) is 16.8. The lowest BCUT2D eigenvalue weighted by Crippen LogP contribution is -2.70. The van der Waals surface area contributed by atoms with Gasteiger partial charge in [0.05, 0.1) is 6.04 Å². The highest BCUT2D eigenvalue weighted by Gasteiger charge is 2.54. The zero-order valence-corrected chi connectivity index (χ0v) is 19.1. The summed E-state index contributed by atoms with van der Waals surface area (Å²) in [5, 5.41) is 8.15. The van der Waals surface area contributed by atoms with Crippen molar-refractivity contribution in [2.24, 2.45) is 11.8 Å². The molecule has 1 heterocycles. The normalized spacial score (nSPS) is 17.9. The monoisotopic (exact) mass is 474 g/mol. The van der Waals surface area contributed by atoms with E-state index in [0.717, 1.165) is 21.9 Å². The number of fused-ring (bicyclic) bond motifs is 1. The highest BCUT2D eigenvalue weighted by atomic mass is 16.6. The van der Waals surface area contributed by atoms with Gasteiger partial charge in [-0.05, 0) is 28.3 Å². The lowest BCUT2D eigenvalue weighted by atomic mass is 9.86. The molecule has 1 saturated heterocycles. The van der Waals surface area contributed by atoms with Crippen molar-refractivity contribution < 1.29 is 23.9 Å². The number of urea groups is 1. The van der Waals surface area contributed by atoms with Gasteiger partial charge in [-0.1, -0.05) is 72.8 Å². The molecule has 3 aromatic rings. The van der Waals surface area contributed by atoms with Crippen molar-refractivity contribution in [1.29, 1.82) is 0 Å². The van der Waals surface area contributed by atoms with Crippen molar-refractivity contribution in [3.05, 3.63) is 83.9 Å². The second kappa shape index (κ2) is 10.4. The summed E-state index contributed by atoms with van der Waals surface area (Å²) in [6.45, 7) is 1.43. The molecule has 0 spiro atoms. The Kier molecular flexibility index (Phi) is 7.07. The average molecular weight is 475 g/mol. The average Bonchev–Trinajstić information content (AvgIpc) is 2.86. The predicted octanol–water partition coefficient (Wildman–Crippen LogP) is 2.04. The molecule has 180 valence electrons. The number of hydrazine groups is 1. The fraction of sp³-hybridized carbons (Fsp3) is 0.231. The molecule has 4 N–H and O–H groups in total. The van der Waals surface area contributed by atoms with Crippen LogP contribution in [0.4, 0.5) is 4.79 Å². The van der Waals surface area contributed by atoms with Gasteiger partial charge in [0, 0.05) is 13.5 Å². The highest BCUT2D eigenvalue weighted by Crippen LogP contribution is 2.28. The Bertz CT molecular complexity index is 1260. The summed E-state index contributed by atoms with van der Waals surface area (Å²) < 4.78 is 5.06. The van der Waals surface area contributed by atoms with Crippen LogP contribution in [0.5, 0.6) is 0 Å². The number of nitrogens with two attached hydrogens (primary N) is 1. The number of nitrogens with zero attached hydrogens (tertiary/aromatic N) is 1. The number of hydrogen-bond acceptors (Lipinski definition) is 6. The molecule has 0 unspecified atom stereocenters. The second-order valence-electron chi connectivity index (χ2n) is 8.38. The van der Waals surface area contributed by atoms with Crippen LogP contribution >= 0.6 is 0 Å². The predicted molar refractivity (Wildman–Crippen MR) is 128 cm³/mol. The van der Waals surface area contributed by atoms with E-state index < -0.39 is 41.9 Å². The standard InChI is InChI=1S/C26H26N4O5/c1-16(31)35-25-22(24(33)30(25)27)23(32)21(29-26(34)28-15-17-7-3-2-4-8-17)14-18-11-12-19-9-5-6-10-20(19)13-18/h2-13,21-22,25H,14-15,27H2,1H3,(H2,28,29,34)/t21-,22-,25-/m0/s1. The third kappa shape index (κ3) is 5.47. The van der Waals surface area contributed by atoms with Gasteiger partial charge in [-0.15, -0.1) is 0 Å². The Morgan fingerprint density at radius 3 is 2.37 bits per heavy atom. The van der Waals surface area contributed by atoms with Crippen molar-refractivity contribution in [3.63, 3.8) is 0 Å². The zero-order chi connectivity index (χ0) is 24.9. The summed E-state index contributed by atoms with van der Waals surface area (Å²) in [6.07, 6.45) is -1.07. The minimum atomic E-state index is -1.29. The van der Waals surface area contributed by atoms with Gasteiger partial charge >= 0.3 is 12.0 Å². The number of benzene rings is 3. The SMILES string of the molecule is CC(=O)O[C@H]1[C@@H](C(=O)[C@H](Cc2ccc3ccccc3c2)NC(=O)NCc2ccccc2)C(=O)N1N. The Morgan fingerprint density at radius 2 is 1.66 bits per heavy atom. The van der Waals surface area contributed by atoms with Crippen LogP contribution in [0.15, 0.2) is 72.8 Å². The molecule has 1 aliphatic rings. The summed E-state index contributed by atoms with van der Waals surface area (Å²) in [5.41, 5.74) is 1.69. The van der Waals surface area contributed by atoms with Crippen LogP contribution in [0.25, 0.3) is 10.8 Å². The Hall–Kier alpha value is -4.24. The van der Waals surface area contributed by atoms with Gasteiger partial charge in [0.15, 0.2) is 11.7 Å². The highest BCUT2D eigenvalue weighted by molar-refractivity contribution is 6.09. The first-order valence-electron chi connectivity index (χ1n) is 11.2. The van der Waals surface area contributed by atoms with Crippen LogP contribution < -0.4 is 16.5 Å². The summed E-state index contributed by atoms with van der Waals surface area (Å²) in [5.74, 6) is 2.42. The number of amides is 3. The van der Waals surface area contributed by atoms with Gasteiger partial charge in [-0.3, -0.25) is 14.4 Å². The number of ketones is 1. The first kappa shape index (κ1) is 23.9. The largest absolute Gasteiger partial charge is 0.439 e. The summed E-state index contributed by atoms with van der Waals surface area (Å²) >= 11 is 0. The molecular weight excluding hydrogens is 448 g/mol. The van der Waals surface area contributed by atoms with E-state index >= 15 is 0 Å². The molecule has 9 heteroatoms. The molecule has 1 aliphatic heterocycles. The molecule has 9 nitrogen and oxygen atoms in total. The fourth-order valence-electron chi connectivity index (χ4n) is 4.07. The second-order valence-corrected chi connectivity index (χ2v) is 8.38. The molecule has 35 heavy (non-hydrogen) atoms. The van der Waals surface area contributed by atoms with Crippen LogP contribution in [-0.4, -0.2) is 41.0 Å². The van der Waals surface area contributed by atoms with Gasteiger partial charge in [0.2, 0.25) is 6.23 Å². The molecule has 0 bridgehead atoms. The molecule has 0 saturated carbocycles. The van der Waals surface area contributed by atoms with Crippen LogP contribution in [-0.2, 0) is 32.1 Å². The molecule has 0 radical (unpaired) electrons.